The number of ether oxygens (including phenoxy) is 2. The van der Waals surface area contributed by atoms with Crippen molar-refractivity contribution in [3.8, 4) is 11.5 Å². The predicted octanol–water partition coefficient (Wildman–Crippen LogP) is 5.11. The first-order chi connectivity index (χ1) is 17.7. The van der Waals surface area contributed by atoms with Crippen molar-refractivity contribution in [3.05, 3.63) is 96.1 Å². The molecule has 0 unspecified atom stereocenters. The van der Waals surface area contributed by atoms with E-state index in [9.17, 15) is 24.5 Å². The molecule has 1 fully saturated rings. The maximum Gasteiger partial charge on any atom is 0.335 e. The molecule has 1 N–H and O–H groups in total. The number of rotatable bonds is 7. The molecule has 188 valence electrons. The summed E-state index contributed by atoms with van der Waals surface area (Å²) in [5, 5.41) is 13.4. The molecule has 1 heterocycles. The van der Waals surface area contributed by atoms with E-state index in [0.29, 0.717) is 31.2 Å². The summed E-state index contributed by atoms with van der Waals surface area (Å²) in [7, 11) is 1.44. The Balaban J connectivity index is 1.60. The Morgan fingerprint density at radius 2 is 1.76 bits per heavy atom. The van der Waals surface area contributed by atoms with Crippen LogP contribution >= 0.6 is 34.2 Å². The number of hydrogen-bond donors (Lipinski definition) is 1. The molecule has 0 saturated carbocycles. The first-order valence-corrected chi connectivity index (χ1v) is 12.0. The van der Waals surface area contributed by atoms with Crippen LogP contribution in [-0.2, 0) is 16.2 Å². The summed E-state index contributed by atoms with van der Waals surface area (Å²) in [6.45, 7) is 0.129. The fraction of sp³-hybridized carbons (Fsp3) is 0.0800. The summed E-state index contributed by atoms with van der Waals surface area (Å²) in [4.78, 5) is 49.2. The maximum atomic E-state index is 13.1. The maximum absolute atomic E-state index is 13.1. The average molecular weight is 634 g/mol. The van der Waals surface area contributed by atoms with Crippen molar-refractivity contribution in [2.45, 2.75) is 6.61 Å². The number of nitrogens with zero attached hydrogens (tertiary/aromatic N) is 2. The molecule has 3 aromatic rings. The normalized spacial score (nSPS) is 14.5. The predicted molar refractivity (Wildman–Crippen MR) is 144 cm³/mol. The van der Waals surface area contributed by atoms with Gasteiger partial charge in [0.1, 0.15) is 12.2 Å². The van der Waals surface area contributed by atoms with Crippen molar-refractivity contribution in [1.82, 2.24) is 5.32 Å². The molecule has 0 aromatic heterocycles. The number of amides is 4. The molecule has 4 rings (SSSR count). The summed E-state index contributed by atoms with van der Waals surface area (Å²) in [6.07, 6.45) is 1.36. The van der Waals surface area contributed by atoms with Gasteiger partial charge in [0.25, 0.3) is 17.5 Å². The zero-order valence-electron chi connectivity index (χ0n) is 19.1. The number of methoxy groups -OCH3 is 1. The number of non-ortho nitro benzene ring substituents is 1. The lowest BCUT2D eigenvalue weighted by molar-refractivity contribution is -0.384. The number of nitro groups is 1. The van der Waals surface area contributed by atoms with Crippen LogP contribution in [0.1, 0.15) is 11.1 Å². The summed E-state index contributed by atoms with van der Waals surface area (Å²) in [5.74, 6) is -0.854. The van der Waals surface area contributed by atoms with Gasteiger partial charge in [0, 0.05) is 17.2 Å². The monoisotopic (exact) mass is 633 g/mol. The number of anilines is 1. The molecule has 12 heteroatoms. The van der Waals surface area contributed by atoms with Crippen molar-refractivity contribution in [2.24, 2.45) is 0 Å². The van der Waals surface area contributed by atoms with Gasteiger partial charge in [0.05, 0.1) is 21.3 Å². The van der Waals surface area contributed by atoms with Crippen molar-refractivity contribution in [2.75, 3.05) is 12.0 Å². The largest absolute Gasteiger partial charge is 0.493 e. The lowest BCUT2D eigenvalue weighted by atomic mass is 10.1. The molecule has 1 aliphatic rings. The Hall–Kier alpha value is -3.97. The molecule has 0 spiro atoms. The quantitative estimate of drug-likeness (QED) is 0.126. The van der Waals surface area contributed by atoms with E-state index in [1.165, 1.54) is 49.6 Å². The Morgan fingerprint density at radius 3 is 2.38 bits per heavy atom. The van der Waals surface area contributed by atoms with Gasteiger partial charge in [-0.25, -0.2) is 9.69 Å². The van der Waals surface area contributed by atoms with Gasteiger partial charge in [-0.15, -0.1) is 0 Å². The van der Waals surface area contributed by atoms with Crippen LogP contribution in [0.3, 0.4) is 0 Å². The van der Waals surface area contributed by atoms with Gasteiger partial charge in [-0.3, -0.25) is 25.0 Å². The minimum atomic E-state index is -0.864. The number of urea groups is 1. The second-order valence-corrected chi connectivity index (χ2v) is 9.28. The highest BCUT2D eigenvalue weighted by molar-refractivity contribution is 14.1. The highest BCUT2D eigenvalue weighted by Crippen LogP contribution is 2.35. The van der Waals surface area contributed by atoms with Crippen LogP contribution in [0.15, 0.2) is 66.2 Å². The molecule has 3 aromatic carbocycles. The third kappa shape index (κ3) is 5.73. The minimum absolute atomic E-state index is 0.0223. The van der Waals surface area contributed by atoms with Crippen LogP contribution in [0.2, 0.25) is 5.02 Å². The number of nitrogens with one attached hydrogen (secondary N) is 1. The van der Waals surface area contributed by atoms with E-state index in [4.69, 9.17) is 21.1 Å². The van der Waals surface area contributed by atoms with E-state index in [1.54, 1.807) is 24.3 Å². The van der Waals surface area contributed by atoms with Gasteiger partial charge < -0.3 is 9.47 Å². The Morgan fingerprint density at radius 1 is 1.08 bits per heavy atom. The molecule has 10 nitrogen and oxygen atoms in total. The van der Waals surface area contributed by atoms with Gasteiger partial charge in [0.15, 0.2) is 11.5 Å². The van der Waals surface area contributed by atoms with Crippen LogP contribution < -0.4 is 19.7 Å². The van der Waals surface area contributed by atoms with Gasteiger partial charge in [-0.1, -0.05) is 11.6 Å². The standard InChI is InChI=1S/C25H17ClIN3O7/c1-36-21-12-15(11-20(27)22(21)37-13-14-2-6-18(7-3-14)30(34)35)10-19-23(31)28-25(33)29(24(19)32)17-8-4-16(26)5-9-17/h2-12H,13H2,1H3,(H,28,31,33)/b19-10+. The lowest BCUT2D eigenvalue weighted by Gasteiger charge is -2.26. The molecule has 0 atom stereocenters. The summed E-state index contributed by atoms with van der Waals surface area (Å²) in [5.41, 5.74) is 1.17. The molecule has 0 bridgehead atoms. The minimum Gasteiger partial charge on any atom is -0.493 e. The second-order valence-electron chi connectivity index (χ2n) is 7.68. The fourth-order valence-electron chi connectivity index (χ4n) is 3.48. The van der Waals surface area contributed by atoms with Crippen molar-refractivity contribution >= 4 is 69.5 Å². The second kappa shape index (κ2) is 11.0. The van der Waals surface area contributed by atoms with E-state index < -0.39 is 22.8 Å². The summed E-state index contributed by atoms with van der Waals surface area (Å²) < 4.78 is 12.0. The number of imide groups is 2. The number of carbonyl (C=O) groups excluding carboxylic acids is 3. The third-order valence-corrected chi connectivity index (χ3v) is 6.33. The van der Waals surface area contributed by atoms with Crippen LogP contribution in [0.5, 0.6) is 11.5 Å². The number of halogens is 2. The van der Waals surface area contributed by atoms with Gasteiger partial charge >= 0.3 is 6.03 Å². The summed E-state index contributed by atoms with van der Waals surface area (Å²) in [6, 6.07) is 14.4. The topological polar surface area (TPSA) is 128 Å². The lowest BCUT2D eigenvalue weighted by Crippen LogP contribution is -2.54. The smallest absolute Gasteiger partial charge is 0.335 e. The molecule has 37 heavy (non-hydrogen) atoms. The SMILES string of the molecule is COc1cc(/C=C2\C(=O)NC(=O)N(c3ccc(Cl)cc3)C2=O)cc(I)c1OCc1ccc([N+](=O)[O-])cc1. The van der Waals surface area contributed by atoms with Crippen LogP contribution in [0.25, 0.3) is 6.08 Å². The first kappa shape index (κ1) is 26.1. The fourth-order valence-corrected chi connectivity index (χ4v) is 4.39. The zero-order chi connectivity index (χ0) is 26.7. The highest BCUT2D eigenvalue weighted by atomic mass is 127. The van der Waals surface area contributed by atoms with Crippen LogP contribution in [0, 0.1) is 13.7 Å². The van der Waals surface area contributed by atoms with Crippen molar-refractivity contribution < 1.29 is 28.8 Å². The third-order valence-electron chi connectivity index (χ3n) is 5.28. The van der Waals surface area contributed by atoms with E-state index in [0.717, 1.165) is 4.90 Å². The van der Waals surface area contributed by atoms with E-state index in [1.807, 2.05) is 22.6 Å². The average Bonchev–Trinajstić information content (AvgIpc) is 2.87. The van der Waals surface area contributed by atoms with Crippen molar-refractivity contribution in [3.63, 3.8) is 0 Å². The number of benzene rings is 3. The Kier molecular flexibility index (Phi) is 7.74. The molecule has 1 saturated heterocycles. The van der Waals surface area contributed by atoms with Gasteiger partial charge in [0.2, 0.25) is 0 Å². The number of carbonyl (C=O) groups is 3. The Bertz CT molecular complexity index is 1440. The summed E-state index contributed by atoms with van der Waals surface area (Å²) >= 11 is 7.93. The van der Waals surface area contributed by atoms with Crippen LogP contribution in [0.4, 0.5) is 16.2 Å². The molecule has 1 aliphatic heterocycles. The molecule has 0 radical (unpaired) electrons. The van der Waals surface area contributed by atoms with E-state index in [-0.39, 0.29) is 23.6 Å². The van der Waals surface area contributed by atoms with E-state index >= 15 is 0 Å². The number of nitro benzene ring substituents is 1. The zero-order valence-corrected chi connectivity index (χ0v) is 22.0. The van der Waals surface area contributed by atoms with Gasteiger partial charge in [-0.05, 0) is 88.3 Å². The molecular formula is C25H17ClIN3O7. The highest BCUT2D eigenvalue weighted by Gasteiger charge is 2.36. The van der Waals surface area contributed by atoms with Crippen molar-refractivity contribution in [1.29, 1.82) is 0 Å². The molecular weight excluding hydrogens is 617 g/mol. The van der Waals surface area contributed by atoms with Crippen LogP contribution in [-0.4, -0.2) is 29.9 Å². The first-order valence-electron chi connectivity index (χ1n) is 10.6. The number of barbiturate groups is 1. The van der Waals surface area contributed by atoms with E-state index in [2.05, 4.69) is 5.32 Å². The number of hydrogen-bond acceptors (Lipinski definition) is 7. The Labute approximate surface area is 229 Å². The van der Waals surface area contributed by atoms with Gasteiger partial charge in [-0.2, -0.15) is 0 Å². The molecule has 0 aliphatic carbocycles. The molecule has 4 amide bonds.